The van der Waals surface area contributed by atoms with Crippen LogP contribution in [-0.2, 0) is 14.3 Å². The number of carbonyl (C=O) groups is 1. The molecule has 1 aliphatic carbocycles. The number of cyclic esters (lactones) is 1. The van der Waals surface area contributed by atoms with E-state index in [0.717, 1.165) is 27.8 Å². The summed E-state index contributed by atoms with van der Waals surface area (Å²) in [5.41, 5.74) is 0.948. The Balaban J connectivity index is 1.51. The molecule has 0 bridgehead atoms. The van der Waals surface area contributed by atoms with E-state index in [1.807, 2.05) is 24.3 Å². The normalized spacial score (nSPS) is 26.6. The highest BCUT2D eigenvalue weighted by molar-refractivity contribution is 9.12. The molecule has 166 valence electrons. The van der Waals surface area contributed by atoms with Crippen LogP contribution in [0.15, 0.2) is 38.0 Å². The number of ether oxygens (including phenoxy) is 2. The van der Waals surface area contributed by atoms with Crippen LogP contribution in [0.2, 0.25) is 5.02 Å². The van der Waals surface area contributed by atoms with Gasteiger partial charge in [-0.05, 0) is 58.7 Å². The Morgan fingerprint density at radius 1 is 1.26 bits per heavy atom. The first-order valence-electron chi connectivity index (χ1n) is 10.3. The highest BCUT2D eigenvalue weighted by Crippen LogP contribution is 2.44. The van der Waals surface area contributed by atoms with Crippen molar-refractivity contribution in [3.05, 3.63) is 38.7 Å². The molecule has 4 atom stereocenters. The highest BCUT2D eigenvalue weighted by Gasteiger charge is 2.40. The molecule has 1 aromatic carbocycles. The maximum atomic E-state index is 12.3. The number of thioether (sulfide) groups is 1. The van der Waals surface area contributed by atoms with Gasteiger partial charge in [-0.3, -0.25) is 0 Å². The summed E-state index contributed by atoms with van der Waals surface area (Å²) in [6.45, 7) is 6.73. The number of halogens is 2. The average Bonchev–Trinajstić information content (AvgIpc) is 3.29. The number of rotatable bonds is 6. The van der Waals surface area contributed by atoms with E-state index in [9.17, 15) is 4.79 Å². The van der Waals surface area contributed by atoms with Crippen LogP contribution in [-0.4, -0.2) is 28.6 Å². The van der Waals surface area contributed by atoms with Gasteiger partial charge in [0.1, 0.15) is 9.49 Å². The molecule has 1 fully saturated rings. The Bertz CT molecular complexity index is 979. The summed E-state index contributed by atoms with van der Waals surface area (Å²) in [7, 11) is 0. The number of hydrogen-bond acceptors (Lipinski definition) is 7. The van der Waals surface area contributed by atoms with Gasteiger partial charge in [0.2, 0.25) is 6.29 Å². The van der Waals surface area contributed by atoms with E-state index in [4.69, 9.17) is 21.1 Å². The molecule has 1 aliphatic heterocycles. The van der Waals surface area contributed by atoms with E-state index in [2.05, 4.69) is 46.9 Å². The van der Waals surface area contributed by atoms with Gasteiger partial charge in [0.05, 0.1) is 11.0 Å². The van der Waals surface area contributed by atoms with Gasteiger partial charge in [-0.2, -0.15) is 0 Å². The molecule has 31 heavy (non-hydrogen) atoms. The van der Waals surface area contributed by atoms with E-state index in [0.29, 0.717) is 32.2 Å². The fourth-order valence-electron chi connectivity index (χ4n) is 4.07. The van der Waals surface area contributed by atoms with Crippen molar-refractivity contribution in [1.82, 2.24) is 10.2 Å². The van der Waals surface area contributed by atoms with Crippen LogP contribution < -0.4 is 0 Å². The largest absolute Gasteiger partial charge is 0.427 e. The zero-order chi connectivity index (χ0) is 22.1. The first-order valence-corrected chi connectivity index (χ1v) is 13.2. The summed E-state index contributed by atoms with van der Waals surface area (Å²) in [5.74, 6) is 1.17. The standard InChI is InChI=1S/C22H24BrClN2O3S2/c1-11(2)15-9-4-12(3)10-16(15)28-21-18(17(23)20(27)29-21)30-22-26-25-19(31-22)13-5-7-14(24)8-6-13/h5-8,11-12,15-16,21H,4,9-10H2,1-3H3/t12?,15?,16?,21-/m0/s1. The van der Waals surface area contributed by atoms with Crippen molar-refractivity contribution in [3.63, 3.8) is 0 Å². The minimum Gasteiger partial charge on any atom is -0.427 e. The van der Waals surface area contributed by atoms with Crippen LogP contribution >= 0.6 is 50.6 Å². The molecule has 3 unspecified atom stereocenters. The summed E-state index contributed by atoms with van der Waals surface area (Å²) in [6.07, 6.45) is 2.68. The third kappa shape index (κ3) is 5.36. The molecule has 2 aliphatic rings. The van der Waals surface area contributed by atoms with Crippen molar-refractivity contribution in [2.24, 2.45) is 17.8 Å². The lowest BCUT2D eigenvalue weighted by atomic mass is 9.75. The van der Waals surface area contributed by atoms with Gasteiger partial charge < -0.3 is 9.47 Å². The van der Waals surface area contributed by atoms with E-state index >= 15 is 0 Å². The SMILES string of the molecule is CC1CCC(C(C)C)C(O[C@H]2OC(=O)C(Br)=C2Sc2nnc(-c3ccc(Cl)cc3)s2)C1. The molecule has 0 radical (unpaired) electrons. The van der Waals surface area contributed by atoms with Crippen molar-refractivity contribution in [1.29, 1.82) is 0 Å². The first-order chi connectivity index (χ1) is 14.8. The van der Waals surface area contributed by atoms with Gasteiger partial charge in [0, 0.05) is 10.6 Å². The summed E-state index contributed by atoms with van der Waals surface area (Å²) >= 11 is 12.2. The number of nitrogens with zero attached hydrogens (tertiary/aromatic N) is 2. The van der Waals surface area contributed by atoms with Gasteiger partial charge in [0.15, 0.2) is 4.34 Å². The van der Waals surface area contributed by atoms with Crippen LogP contribution in [0.4, 0.5) is 0 Å². The van der Waals surface area contributed by atoms with Crippen molar-refractivity contribution >= 4 is 56.6 Å². The lowest BCUT2D eigenvalue weighted by Crippen LogP contribution is -2.37. The molecule has 5 nitrogen and oxygen atoms in total. The molecule has 2 aromatic rings. The summed E-state index contributed by atoms with van der Waals surface area (Å²) < 4.78 is 13.1. The Kier molecular flexibility index (Phi) is 7.43. The van der Waals surface area contributed by atoms with Crippen LogP contribution in [0.3, 0.4) is 0 Å². The third-order valence-electron chi connectivity index (χ3n) is 5.78. The van der Waals surface area contributed by atoms with E-state index in [-0.39, 0.29) is 6.10 Å². The second-order valence-corrected chi connectivity index (χ2v) is 11.9. The molecule has 9 heteroatoms. The number of esters is 1. The van der Waals surface area contributed by atoms with Crippen LogP contribution in [0.5, 0.6) is 0 Å². The van der Waals surface area contributed by atoms with Crippen LogP contribution in [0.1, 0.15) is 40.0 Å². The Labute approximate surface area is 204 Å². The third-order valence-corrected chi connectivity index (χ3v) is 9.18. The molecule has 0 N–H and O–H groups in total. The summed E-state index contributed by atoms with van der Waals surface area (Å²) in [4.78, 5) is 13.0. The molecule has 0 amide bonds. The van der Waals surface area contributed by atoms with E-state index < -0.39 is 12.3 Å². The molecule has 2 heterocycles. The molecule has 0 spiro atoms. The minimum atomic E-state index is -0.716. The number of aromatic nitrogens is 2. The molecular formula is C22H24BrClN2O3S2. The van der Waals surface area contributed by atoms with Gasteiger partial charge in [-0.15, -0.1) is 10.2 Å². The van der Waals surface area contributed by atoms with Crippen molar-refractivity contribution in [3.8, 4) is 10.6 Å². The number of benzene rings is 1. The topological polar surface area (TPSA) is 61.3 Å². The van der Waals surface area contributed by atoms with Gasteiger partial charge in [-0.1, -0.05) is 74.0 Å². The second-order valence-electron chi connectivity index (χ2n) is 8.40. The quantitative estimate of drug-likeness (QED) is 0.369. The number of hydrogen-bond donors (Lipinski definition) is 0. The summed E-state index contributed by atoms with van der Waals surface area (Å²) in [6, 6.07) is 7.48. The summed E-state index contributed by atoms with van der Waals surface area (Å²) in [5, 5.41) is 10.1. The zero-order valence-electron chi connectivity index (χ0n) is 17.5. The van der Waals surface area contributed by atoms with Crippen molar-refractivity contribution in [2.75, 3.05) is 0 Å². The van der Waals surface area contributed by atoms with Gasteiger partial charge in [0.25, 0.3) is 0 Å². The predicted octanol–water partition coefficient (Wildman–Crippen LogP) is 6.92. The number of carbonyl (C=O) groups excluding carboxylic acids is 1. The Morgan fingerprint density at radius 2 is 2.00 bits per heavy atom. The van der Waals surface area contributed by atoms with Crippen molar-refractivity contribution in [2.45, 2.75) is 56.8 Å². The van der Waals surface area contributed by atoms with Crippen LogP contribution in [0, 0.1) is 17.8 Å². The van der Waals surface area contributed by atoms with Gasteiger partial charge in [-0.25, -0.2) is 4.79 Å². The predicted molar refractivity (Wildman–Crippen MR) is 128 cm³/mol. The Morgan fingerprint density at radius 3 is 2.71 bits per heavy atom. The van der Waals surface area contributed by atoms with E-state index in [1.54, 1.807) is 0 Å². The fourth-order valence-corrected chi connectivity index (χ4v) is 6.62. The molecule has 4 rings (SSSR count). The maximum Gasteiger partial charge on any atom is 0.348 e. The molecule has 1 saturated carbocycles. The van der Waals surface area contributed by atoms with Crippen LogP contribution in [0.25, 0.3) is 10.6 Å². The highest BCUT2D eigenvalue weighted by atomic mass is 79.9. The van der Waals surface area contributed by atoms with E-state index in [1.165, 1.54) is 29.5 Å². The average molecular weight is 544 g/mol. The first kappa shape index (κ1) is 23.2. The minimum absolute atomic E-state index is 0.0644. The second kappa shape index (κ2) is 9.91. The molecule has 0 saturated heterocycles. The smallest absolute Gasteiger partial charge is 0.348 e. The van der Waals surface area contributed by atoms with Gasteiger partial charge >= 0.3 is 5.97 Å². The monoisotopic (exact) mass is 542 g/mol. The lowest BCUT2D eigenvalue weighted by Gasteiger charge is -2.38. The maximum absolute atomic E-state index is 12.3. The molecule has 1 aromatic heterocycles. The fraction of sp³-hybridized carbons (Fsp3) is 0.500. The molecular weight excluding hydrogens is 520 g/mol. The Hall–Kier alpha value is -0.930. The zero-order valence-corrected chi connectivity index (χ0v) is 21.5. The lowest BCUT2D eigenvalue weighted by molar-refractivity contribution is -0.179. The van der Waals surface area contributed by atoms with Crippen molar-refractivity contribution < 1.29 is 14.3 Å².